The molecule has 1 aliphatic heterocycles. The quantitative estimate of drug-likeness (QED) is 0.835. The van der Waals surface area contributed by atoms with E-state index in [-0.39, 0.29) is 6.04 Å². The minimum Gasteiger partial charge on any atom is -0.359 e. The van der Waals surface area contributed by atoms with Gasteiger partial charge in [-0.3, -0.25) is 0 Å². The molecule has 1 aliphatic carbocycles. The van der Waals surface area contributed by atoms with Crippen molar-refractivity contribution < 1.29 is 12.9 Å². The smallest absolute Gasteiger partial charge is 0.243 e. The second-order valence-electron chi connectivity index (χ2n) is 6.99. The molecule has 2 heterocycles. The zero-order valence-corrected chi connectivity index (χ0v) is 15.4. The van der Waals surface area contributed by atoms with Gasteiger partial charge in [0.05, 0.1) is 16.6 Å². The van der Waals surface area contributed by atoms with E-state index in [0.29, 0.717) is 17.2 Å². The zero-order chi connectivity index (χ0) is 17.4. The van der Waals surface area contributed by atoms with E-state index >= 15 is 0 Å². The van der Waals surface area contributed by atoms with E-state index in [1.807, 2.05) is 25.1 Å². The van der Waals surface area contributed by atoms with E-state index in [0.717, 1.165) is 44.2 Å². The van der Waals surface area contributed by atoms with Crippen LogP contribution < -0.4 is 0 Å². The molecule has 0 bridgehead atoms. The van der Waals surface area contributed by atoms with Crippen LogP contribution in [0.2, 0.25) is 0 Å². The fourth-order valence-electron chi connectivity index (χ4n) is 3.97. The predicted molar refractivity (Wildman–Crippen MR) is 94.8 cm³/mol. The van der Waals surface area contributed by atoms with Gasteiger partial charge >= 0.3 is 0 Å². The van der Waals surface area contributed by atoms with Crippen LogP contribution in [0.15, 0.2) is 33.7 Å². The van der Waals surface area contributed by atoms with Crippen LogP contribution in [0.25, 0.3) is 0 Å². The number of benzene rings is 1. The lowest BCUT2D eigenvalue weighted by Gasteiger charge is -2.23. The lowest BCUT2D eigenvalue weighted by atomic mass is 9.92. The molecule has 1 aromatic carbocycles. The molecule has 25 heavy (non-hydrogen) atoms. The van der Waals surface area contributed by atoms with E-state index in [4.69, 9.17) is 4.52 Å². The molecule has 5 nitrogen and oxygen atoms in total. The van der Waals surface area contributed by atoms with E-state index in [1.54, 1.807) is 10.4 Å². The average Bonchev–Trinajstić information content (AvgIpc) is 3.30. The number of hydrogen-bond acceptors (Lipinski definition) is 4. The van der Waals surface area contributed by atoms with Crippen LogP contribution in [0.5, 0.6) is 0 Å². The highest BCUT2D eigenvalue weighted by atomic mass is 32.2. The number of nitrogens with zero attached hydrogens (tertiary/aromatic N) is 2. The van der Waals surface area contributed by atoms with Crippen molar-refractivity contribution in [3.8, 4) is 0 Å². The van der Waals surface area contributed by atoms with Crippen LogP contribution in [0, 0.1) is 0 Å². The normalized spacial score (nSPS) is 21.4. The molecule has 0 unspecified atom stereocenters. The van der Waals surface area contributed by atoms with Crippen molar-refractivity contribution in [2.75, 3.05) is 6.54 Å². The third-order valence-corrected chi connectivity index (χ3v) is 7.30. The number of rotatable bonds is 4. The molecule has 6 heteroatoms. The summed E-state index contributed by atoms with van der Waals surface area (Å²) in [5, 5.41) is 4.03. The number of sulfonamides is 1. The van der Waals surface area contributed by atoms with Gasteiger partial charge in [-0.05, 0) is 68.2 Å². The maximum atomic E-state index is 13.2. The molecule has 0 saturated carbocycles. The fourth-order valence-corrected chi connectivity index (χ4v) is 5.69. The number of aryl methyl sites for hydroxylation is 3. The Morgan fingerprint density at radius 2 is 1.96 bits per heavy atom. The van der Waals surface area contributed by atoms with Gasteiger partial charge in [-0.15, -0.1) is 0 Å². The SMILES string of the molecule is CCc1cc([C@@H]2CCCN2S(=O)(=O)c2ccc3c(c2)CCCC3)on1. The van der Waals surface area contributed by atoms with Gasteiger partial charge in [0, 0.05) is 12.6 Å². The van der Waals surface area contributed by atoms with Gasteiger partial charge in [0.1, 0.15) is 0 Å². The van der Waals surface area contributed by atoms with Crippen LogP contribution in [-0.2, 0) is 29.3 Å². The molecule has 0 amide bonds. The van der Waals surface area contributed by atoms with Crippen molar-refractivity contribution in [3.05, 3.63) is 46.8 Å². The van der Waals surface area contributed by atoms with Crippen LogP contribution in [0.4, 0.5) is 0 Å². The molecule has 0 radical (unpaired) electrons. The Kier molecular flexibility index (Phi) is 4.41. The Hall–Kier alpha value is -1.66. The van der Waals surface area contributed by atoms with Crippen molar-refractivity contribution in [2.45, 2.75) is 62.8 Å². The summed E-state index contributed by atoms with van der Waals surface area (Å²) in [6, 6.07) is 7.31. The summed E-state index contributed by atoms with van der Waals surface area (Å²) in [7, 11) is -3.52. The minimum absolute atomic E-state index is 0.242. The third-order valence-electron chi connectivity index (χ3n) is 5.40. The Bertz CT molecular complexity index is 873. The minimum atomic E-state index is -3.52. The summed E-state index contributed by atoms with van der Waals surface area (Å²) in [4.78, 5) is 0.412. The first-order valence-electron chi connectivity index (χ1n) is 9.18. The van der Waals surface area contributed by atoms with Gasteiger partial charge in [-0.1, -0.05) is 18.1 Å². The molecule has 2 aromatic rings. The third kappa shape index (κ3) is 3.02. The second kappa shape index (κ2) is 6.57. The maximum Gasteiger partial charge on any atom is 0.243 e. The molecule has 4 rings (SSSR count). The molecule has 0 N–H and O–H groups in total. The lowest BCUT2D eigenvalue weighted by Crippen LogP contribution is -2.30. The lowest BCUT2D eigenvalue weighted by molar-refractivity contribution is 0.296. The van der Waals surface area contributed by atoms with Gasteiger partial charge in [-0.25, -0.2) is 8.42 Å². The number of hydrogen-bond donors (Lipinski definition) is 0. The van der Waals surface area contributed by atoms with Crippen molar-refractivity contribution >= 4 is 10.0 Å². The van der Waals surface area contributed by atoms with Crippen LogP contribution in [0.1, 0.15) is 61.2 Å². The maximum absolute atomic E-state index is 13.2. The average molecular weight is 360 g/mol. The Labute approximate surface area is 149 Å². The van der Waals surface area contributed by atoms with Gasteiger partial charge in [0.2, 0.25) is 10.0 Å². The van der Waals surface area contributed by atoms with Crippen molar-refractivity contribution in [1.82, 2.24) is 9.46 Å². The summed E-state index contributed by atoms with van der Waals surface area (Å²) in [5.74, 6) is 0.663. The van der Waals surface area contributed by atoms with Crippen molar-refractivity contribution in [3.63, 3.8) is 0 Å². The van der Waals surface area contributed by atoms with Gasteiger partial charge in [0.25, 0.3) is 0 Å². The van der Waals surface area contributed by atoms with E-state index in [2.05, 4.69) is 5.16 Å². The van der Waals surface area contributed by atoms with Crippen LogP contribution in [-0.4, -0.2) is 24.4 Å². The summed E-state index contributed by atoms with van der Waals surface area (Å²) in [6.45, 7) is 2.55. The molecular formula is C19H24N2O3S. The number of aromatic nitrogens is 1. The summed E-state index contributed by atoms with van der Waals surface area (Å²) < 4.78 is 33.5. The van der Waals surface area contributed by atoms with Crippen LogP contribution >= 0.6 is 0 Å². The molecule has 1 saturated heterocycles. The van der Waals surface area contributed by atoms with E-state index in [9.17, 15) is 8.42 Å². The Morgan fingerprint density at radius 1 is 1.16 bits per heavy atom. The molecule has 1 atom stereocenters. The number of fused-ring (bicyclic) bond motifs is 1. The largest absolute Gasteiger partial charge is 0.359 e. The highest BCUT2D eigenvalue weighted by Crippen LogP contribution is 2.37. The topological polar surface area (TPSA) is 63.4 Å². The molecule has 134 valence electrons. The summed E-state index contributed by atoms with van der Waals surface area (Å²) in [5.41, 5.74) is 3.36. The first-order chi connectivity index (χ1) is 12.1. The van der Waals surface area contributed by atoms with Gasteiger partial charge in [0.15, 0.2) is 5.76 Å². The molecule has 2 aliphatic rings. The first-order valence-corrected chi connectivity index (χ1v) is 10.6. The Balaban J connectivity index is 1.66. The van der Waals surface area contributed by atoms with Crippen molar-refractivity contribution in [2.24, 2.45) is 0 Å². The van der Waals surface area contributed by atoms with E-state index in [1.165, 1.54) is 17.5 Å². The highest BCUT2D eigenvalue weighted by Gasteiger charge is 2.38. The van der Waals surface area contributed by atoms with Crippen molar-refractivity contribution in [1.29, 1.82) is 0 Å². The highest BCUT2D eigenvalue weighted by molar-refractivity contribution is 7.89. The van der Waals surface area contributed by atoms with Gasteiger partial charge < -0.3 is 4.52 Å². The Morgan fingerprint density at radius 3 is 2.72 bits per heavy atom. The van der Waals surface area contributed by atoms with Gasteiger partial charge in [-0.2, -0.15) is 4.31 Å². The zero-order valence-electron chi connectivity index (χ0n) is 14.6. The van der Waals surface area contributed by atoms with Crippen LogP contribution in [0.3, 0.4) is 0 Å². The molecular weight excluding hydrogens is 336 g/mol. The molecule has 1 fully saturated rings. The predicted octanol–water partition coefficient (Wildman–Crippen LogP) is 3.64. The first kappa shape index (κ1) is 16.8. The molecule has 0 spiro atoms. The second-order valence-corrected chi connectivity index (χ2v) is 8.88. The standard InChI is InChI=1S/C19H24N2O3S/c1-2-16-13-19(24-20-16)18-8-5-11-21(18)25(22,23)17-10-9-14-6-3-4-7-15(14)12-17/h9-10,12-13,18H,2-8,11H2,1H3/t18-/m0/s1. The van der Waals surface area contributed by atoms with E-state index < -0.39 is 10.0 Å². The fraction of sp³-hybridized carbons (Fsp3) is 0.526. The monoisotopic (exact) mass is 360 g/mol. The summed E-state index contributed by atoms with van der Waals surface area (Å²) >= 11 is 0. The molecule has 1 aromatic heterocycles. The summed E-state index contributed by atoms with van der Waals surface area (Å²) in [6.07, 6.45) is 6.77.